The molecular weight excluding hydrogens is 391 g/mol. The summed E-state index contributed by atoms with van der Waals surface area (Å²) in [7, 11) is 0. The zero-order valence-corrected chi connectivity index (χ0v) is 12.6. The van der Waals surface area contributed by atoms with Gasteiger partial charge in [-0.25, -0.2) is 17.6 Å². The Labute approximate surface area is 149 Å². The van der Waals surface area contributed by atoms with Crippen LogP contribution in [0.5, 0.6) is 0 Å². The quantitative estimate of drug-likeness (QED) is 0.383. The van der Waals surface area contributed by atoms with E-state index < -0.39 is 12.9 Å². The van der Waals surface area contributed by atoms with Crippen LogP contribution >= 0.6 is 15.9 Å². The van der Waals surface area contributed by atoms with Crippen LogP contribution in [0.25, 0.3) is 0 Å². The Morgan fingerprint density at radius 1 is 0.875 bits per heavy atom. The summed E-state index contributed by atoms with van der Waals surface area (Å²) in [5, 5.41) is 0. The normalized spacial score (nSPS) is 8.96. The van der Waals surface area contributed by atoms with Crippen LogP contribution in [0.15, 0.2) is 41.1 Å². The lowest BCUT2D eigenvalue weighted by Gasteiger charge is -1.96. The van der Waals surface area contributed by atoms with E-state index in [0.29, 0.717) is 16.3 Å². The molecule has 0 fully saturated rings. The van der Waals surface area contributed by atoms with Gasteiger partial charge in [0.15, 0.2) is 6.29 Å². The Morgan fingerprint density at radius 2 is 1.33 bits per heavy atom. The average Bonchev–Trinajstić information content (AvgIpc) is 2.48. The van der Waals surface area contributed by atoms with Gasteiger partial charge in [-0.05, 0) is 40.2 Å². The number of alkyl halides is 4. The molecule has 0 saturated carbocycles. The fourth-order valence-electron chi connectivity index (χ4n) is 1.13. The van der Waals surface area contributed by atoms with Gasteiger partial charge in [0.05, 0.1) is 0 Å². The van der Waals surface area contributed by atoms with Crippen molar-refractivity contribution in [2.45, 2.75) is 27.7 Å². The first-order valence-electron chi connectivity index (χ1n) is 5.53. The first kappa shape index (κ1) is 27.1. The van der Waals surface area contributed by atoms with Gasteiger partial charge in [-0.3, -0.25) is 14.8 Å². The monoisotopic (exact) mass is 407 g/mol. The summed E-state index contributed by atoms with van der Waals surface area (Å²) in [6, 6.07) is 5.26. The van der Waals surface area contributed by atoms with Crippen LogP contribution in [0.4, 0.5) is 17.6 Å². The zero-order valence-electron chi connectivity index (χ0n) is 11.0. The lowest BCUT2D eigenvalue weighted by atomic mass is 10.3. The third kappa shape index (κ3) is 9.39. The second-order valence-electron chi connectivity index (χ2n) is 3.64. The molecule has 3 nitrogen and oxygen atoms in total. The van der Waals surface area contributed by atoms with Crippen LogP contribution in [0.1, 0.15) is 49.5 Å². The third-order valence-corrected chi connectivity index (χ3v) is 2.61. The molecular formula is C15H17BBrF4N2O. The van der Waals surface area contributed by atoms with E-state index in [-0.39, 0.29) is 34.7 Å². The van der Waals surface area contributed by atoms with Crippen molar-refractivity contribution in [2.24, 2.45) is 0 Å². The summed E-state index contributed by atoms with van der Waals surface area (Å²) in [5.74, 6) is 0. The van der Waals surface area contributed by atoms with Gasteiger partial charge in [0.2, 0.25) is 0 Å². The molecule has 0 N–H and O–H groups in total. The minimum absolute atomic E-state index is 0. The fourth-order valence-corrected chi connectivity index (χ4v) is 1.37. The molecule has 2 rings (SSSR count). The molecule has 0 spiro atoms. The first-order valence-corrected chi connectivity index (χ1v) is 6.32. The molecule has 3 radical (unpaired) electrons. The number of pyridine rings is 2. The lowest BCUT2D eigenvalue weighted by Crippen LogP contribution is -1.90. The summed E-state index contributed by atoms with van der Waals surface area (Å²) in [4.78, 5) is 16.9. The van der Waals surface area contributed by atoms with E-state index in [1.54, 1.807) is 0 Å². The minimum Gasteiger partial charge on any atom is -0.298 e. The topological polar surface area (TPSA) is 42.9 Å². The van der Waals surface area contributed by atoms with Crippen molar-refractivity contribution >= 4 is 30.6 Å². The Hall–Kier alpha value is -1.77. The van der Waals surface area contributed by atoms with Crippen molar-refractivity contribution in [1.82, 2.24) is 9.97 Å². The second kappa shape index (κ2) is 13.7. The molecule has 2 aromatic rings. The number of hydrogen-bond acceptors (Lipinski definition) is 3. The molecule has 2 heterocycles. The molecule has 0 atom stereocenters. The van der Waals surface area contributed by atoms with Gasteiger partial charge in [-0.2, -0.15) is 0 Å². The summed E-state index contributed by atoms with van der Waals surface area (Å²) in [5.41, 5.74) is -0.201. The molecule has 2 aromatic heterocycles. The second-order valence-corrected chi connectivity index (χ2v) is 4.55. The zero-order chi connectivity index (χ0) is 15.8. The molecule has 0 saturated heterocycles. The minimum atomic E-state index is -2.57. The molecule has 0 aromatic carbocycles. The summed E-state index contributed by atoms with van der Waals surface area (Å²) >= 11 is 3.09. The van der Waals surface area contributed by atoms with Crippen LogP contribution in [0, 0.1) is 0 Å². The molecule has 24 heavy (non-hydrogen) atoms. The average molecular weight is 408 g/mol. The van der Waals surface area contributed by atoms with Crippen molar-refractivity contribution < 1.29 is 22.4 Å². The van der Waals surface area contributed by atoms with E-state index in [0.717, 1.165) is 12.3 Å². The molecule has 0 bridgehead atoms. The number of aromatic nitrogens is 2. The van der Waals surface area contributed by atoms with Crippen molar-refractivity contribution in [1.29, 1.82) is 0 Å². The van der Waals surface area contributed by atoms with Gasteiger partial charge in [0.1, 0.15) is 11.4 Å². The van der Waals surface area contributed by atoms with Crippen LogP contribution in [-0.2, 0) is 0 Å². The fraction of sp³-hybridized carbons (Fsp3) is 0.267. The Balaban J connectivity index is -0.000000328. The van der Waals surface area contributed by atoms with E-state index >= 15 is 0 Å². The number of halogens is 5. The van der Waals surface area contributed by atoms with Crippen LogP contribution in [0.3, 0.4) is 0 Å². The maximum Gasteiger partial charge on any atom is 0.280 e. The summed E-state index contributed by atoms with van der Waals surface area (Å²) in [6.07, 6.45) is -2.03. The van der Waals surface area contributed by atoms with Crippen LogP contribution in [0.2, 0.25) is 0 Å². The molecule has 0 unspecified atom stereocenters. The predicted octanol–water partition coefficient (Wildman–Crippen LogP) is 5.50. The standard InChI is InChI=1S/C7H5F2NO.C6H4BrF2N.2CH4.B/c8-7(9)6-2-1-5(4-11)3-10-6;7-4-1-2-5(6(8)9)10-3-4;;;/h1-4,7H;1-3,6H;2*1H4;. The molecule has 0 aliphatic rings. The Kier molecular flexibility index (Phi) is 15.4. The maximum atomic E-state index is 11.9. The Bertz CT molecular complexity index is 569. The van der Waals surface area contributed by atoms with Crippen LogP contribution in [-0.4, -0.2) is 24.7 Å². The predicted molar refractivity (Wildman–Crippen MR) is 90.7 cm³/mol. The van der Waals surface area contributed by atoms with E-state index in [2.05, 4.69) is 25.9 Å². The highest BCUT2D eigenvalue weighted by Crippen LogP contribution is 2.17. The number of nitrogens with zero attached hydrogens (tertiary/aromatic N) is 2. The number of rotatable bonds is 3. The highest BCUT2D eigenvalue weighted by atomic mass is 79.9. The van der Waals surface area contributed by atoms with Gasteiger partial charge >= 0.3 is 0 Å². The molecule has 0 amide bonds. The molecule has 9 heteroatoms. The largest absolute Gasteiger partial charge is 0.298 e. The van der Waals surface area contributed by atoms with E-state index in [4.69, 9.17) is 0 Å². The van der Waals surface area contributed by atoms with Gasteiger partial charge in [0, 0.05) is 30.8 Å². The van der Waals surface area contributed by atoms with Crippen molar-refractivity contribution in [3.05, 3.63) is 58.1 Å². The number of carbonyl (C=O) groups excluding carboxylic acids is 1. The van der Waals surface area contributed by atoms with Gasteiger partial charge in [0.25, 0.3) is 12.9 Å². The smallest absolute Gasteiger partial charge is 0.280 e. The Morgan fingerprint density at radius 3 is 1.62 bits per heavy atom. The van der Waals surface area contributed by atoms with E-state index in [1.807, 2.05) is 0 Å². The van der Waals surface area contributed by atoms with Gasteiger partial charge in [-0.1, -0.05) is 14.9 Å². The highest BCUT2D eigenvalue weighted by molar-refractivity contribution is 9.10. The molecule has 131 valence electrons. The lowest BCUT2D eigenvalue weighted by molar-refractivity contribution is 0.112. The number of carbonyl (C=O) groups is 1. The van der Waals surface area contributed by atoms with Gasteiger partial charge < -0.3 is 0 Å². The maximum absolute atomic E-state index is 11.9. The van der Waals surface area contributed by atoms with Crippen LogP contribution < -0.4 is 0 Å². The molecule has 0 aliphatic heterocycles. The number of hydrogen-bond donors (Lipinski definition) is 0. The van der Waals surface area contributed by atoms with E-state index in [1.165, 1.54) is 24.4 Å². The van der Waals surface area contributed by atoms with Crippen molar-refractivity contribution in [2.75, 3.05) is 0 Å². The third-order valence-electron chi connectivity index (χ3n) is 2.14. The van der Waals surface area contributed by atoms with Gasteiger partial charge in [-0.15, -0.1) is 0 Å². The number of aldehydes is 1. The van der Waals surface area contributed by atoms with Crippen molar-refractivity contribution in [3.63, 3.8) is 0 Å². The SMILES string of the molecule is C.C.FC(F)c1ccc(Br)cn1.O=Cc1ccc(C(F)F)nc1.[B]. The first-order chi connectivity index (χ1) is 9.93. The summed E-state index contributed by atoms with van der Waals surface area (Å²) < 4.78 is 48.1. The van der Waals surface area contributed by atoms with E-state index in [9.17, 15) is 22.4 Å². The highest BCUT2D eigenvalue weighted by Gasteiger charge is 2.07. The molecule has 0 aliphatic carbocycles. The summed E-state index contributed by atoms with van der Waals surface area (Å²) in [6.45, 7) is 0. The van der Waals surface area contributed by atoms with Crippen molar-refractivity contribution in [3.8, 4) is 0 Å².